The molecule has 2 aromatic heterocycles. The fourth-order valence-corrected chi connectivity index (χ4v) is 2.77. The van der Waals surface area contributed by atoms with Crippen LogP contribution in [0.5, 0.6) is 5.75 Å². The van der Waals surface area contributed by atoms with Crippen molar-refractivity contribution in [3.05, 3.63) is 73.1 Å². The first kappa shape index (κ1) is 12.7. The monoisotopic (exact) mass is 286 g/mol. The van der Waals surface area contributed by atoms with Crippen molar-refractivity contribution in [1.82, 2.24) is 9.97 Å². The van der Waals surface area contributed by atoms with Gasteiger partial charge in [-0.25, -0.2) is 0 Å². The Hall–Kier alpha value is -3.07. The van der Waals surface area contributed by atoms with E-state index in [1.807, 2.05) is 42.6 Å². The average molecular weight is 286 g/mol. The Kier molecular flexibility index (Phi) is 2.90. The number of phenols is 1. The Morgan fingerprint density at radius 1 is 0.864 bits per heavy atom. The van der Waals surface area contributed by atoms with Crippen molar-refractivity contribution in [2.75, 3.05) is 0 Å². The lowest BCUT2D eigenvalue weighted by Gasteiger charge is -2.09. The Balaban J connectivity index is 1.92. The lowest BCUT2D eigenvalue weighted by molar-refractivity contribution is 0.477. The van der Waals surface area contributed by atoms with Crippen molar-refractivity contribution < 1.29 is 5.11 Å². The van der Waals surface area contributed by atoms with E-state index in [0.717, 1.165) is 27.9 Å². The summed E-state index contributed by atoms with van der Waals surface area (Å²) in [6, 6.07) is 19.6. The lowest BCUT2D eigenvalue weighted by atomic mass is 9.98. The zero-order valence-corrected chi connectivity index (χ0v) is 11.8. The van der Waals surface area contributed by atoms with Crippen LogP contribution >= 0.6 is 0 Å². The third-order valence-electron chi connectivity index (χ3n) is 3.84. The molecule has 2 aromatic carbocycles. The first-order valence-electron chi connectivity index (χ1n) is 7.14. The standard InChI is InChI=1S/C19H14N2O/c22-19-8-7-13(12-16(19)18-5-1-2-10-20-18)14-4-3-6-17-15(14)9-11-21-17/h1-12,21-22H. The maximum absolute atomic E-state index is 10.2. The number of aromatic amines is 1. The van der Waals surface area contributed by atoms with Crippen LogP contribution in [0.4, 0.5) is 0 Å². The summed E-state index contributed by atoms with van der Waals surface area (Å²) in [6.07, 6.45) is 3.67. The molecule has 0 unspecified atom stereocenters. The van der Waals surface area contributed by atoms with Gasteiger partial charge in [-0.15, -0.1) is 0 Å². The molecule has 0 saturated heterocycles. The fraction of sp³-hybridized carbons (Fsp3) is 0. The molecule has 2 N–H and O–H groups in total. The molecule has 3 nitrogen and oxygen atoms in total. The highest BCUT2D eigenvalue weighted by molar-refractivity contribution is 5.96. The minimum atomic E-state index is 0.240. The van der Waals surface area contributed by atoms with Crippen LogP contribution in [-0.2, 0) is 0 Å². The number of rotatable bonds is 2. The molecule has 4 aromatic rings. The molecule has 0 saturated carbocycles. The number of nitrogens with one attached hydrogen (secondary N) is 1. The molecule has 2 heterocycles. The molecule has 0 aliphatic carbocycles. The van der Waals surface area contributed by atoms with E-state index in [4.69, 9.17) is 0 Å². The smallest absolute Gasteiger partial charge is 0.125 e. The Morgan fingerprint density at radius 3 is 2.68 bits per heavy atom. The van der Waals surface area contributed by atoms with Crippen molar-refractivity contribution in [1.29, 1.82) is 0 Å². The Bertz CT molecular complexity index is 942. The minimum absolute atomic E-state index is 0.240. The average Bonchev–Trinajstić information content (AvgIpc) is 3.05. The highest BCUT2D eigenvalue weighted by Gasteiger charge is 2.10. The summed E-state index contributed by atoms with van der Waals surface area (Å²) in [5, 5.41) is 11.3. The number of phenolic OH excluding ortho intramolecular Hbond substituents is 1. The predicted molar refractivity (Wildman–Crippen MR) is 88.6 cm³/mol. The second kappa shape index (κ2) is 5.04. The van der Waals surface area contributed by atoms with E-state index in [2.05, 4.69) is 28.2 Å². The molecule has 0 spiro atoms. The lowest BCUT2D eigenvalue weighted by Crippen LogP contribution is -1.86. The Morgan fingerprint density at radius 2 is 1.82 bits per heavy atom. The molecule has 0 atom stereocenters. The molecule has 3 heteroatoms. The summed E-state index contributed by atoms with van der Waals surface area (Å²) in [5.41, 5.74) is 4.80. The molecule has 22 heavy (non-hydrogen) atoms. The van der Waals surface area contributed by atoms with Gasteiger partial charge in [0.15, 0.2) is 0 Å². The Labute approximate surface area is 127 Å². The summed E-state index contributed by atoms with van der Waals surface area (Å²) in [7, 11) is 0. The van der Waals surface area contributed by atoms with Gasteiger partial charge in [-0.3, -0.25) is 4.98 Å². The van der Waals surface area contributed by atoms with Gasteiger partial charge in [0.25, 0.3) is 0 Å². The van der Waals surface area contributed by atoms with Crippen molar-refractivity contribution in [2.45, 2.75) is 0 Å². The van der Waals surface area contributed by atoms with Crippen LogP contribution in [0.3, 0.4) is 0 Å². The van der Waals surface area contributed by atoms with Crippen LogP contribution in [0, 0.1) is 0 Å². The van der Waals surface area contributed by atoms with E-state index < -0.39 is 0 Å². The van der Waals surface area contributed by atoms with Gasteiger partial charge in [-0.1, -0.05) is 24.3 Å². The van der Waals surface area contributed by atoms with Gasteiger partial charge in [0.1, 0.15) is 5.75 Å². The van der Waals surface area contributed by atoms with Gasteiger partial charge in [0.05, 0.1) is 5.69 Å². The molecular formula is C19H14N2O. The van der Waals surface area contributed by atoms with Crippen molar-refractivity contribution in [3.63, 3.8) is 0 Å². The summed E-state index contributed by atoms with van der Waals surface area (Å²) in [4.78, 5) is 7.56. The molecule has 0 aliphatic rings. The van der Waals surface area contributed by atoms with Gasteiger partial charge in [0, 0.05) is 28.9 Å². The zero-order valence-electron chi connectivity index (χ0n) is 11.8. The van der Waals surface area contributed by atoms with E-state index in [-0.39, 0.29) is 5.75 Å². The number of pyridine rings is 1. The normalized spacial score (nSPS) is 10.9. The number of fused-ring (bicyclic) bond motifs is 1. The van der Waals surface area contributed by atoms with E-state index in [9.17, 15) is 5.11 Å². The van der Waals surface area contributed by atoms with E-state index in [0.29, 0.717) is 0 Å². The topological polar surface area (TPSA) is 48.9 Å². The first-order valence-corrected chi connectivity index (χ1v) is 7.14. The minimum Gasteiger partial charge on any atom is -0.507 e. The van der Waals surface area contributed by atoms with E-state index in [1.54, 1.807) is 12.3 Å². The van der Waals surface area contributed by atoms with Crippen LogP contribution in [-0.4, -0.2) is 15.1 Å². The van der Waals surface area contributed by atoms with Crippen LogP contribution in [0.15, 0.2) is 73.1 Å². The van der Waals surface area contributed by atoms with Crippen molar-refractivity contribution in [3.8, 4) is 28.1 Å². The summed E-state index contributed by atoms with van der Waals surface area (Å²) in [5.74, 6) is 0.240. The molecule has 0 bridgehead atoms. The second-order valence-corrected chi connectivity index (χ2v) is 5.19. The largest absolute Gasteiger partial charge is 0.507 e. The first-order chi connectivity index (χ1) is 10.8. The van der Waals surface area contributed by atoms with Gasteiger partial charge in [0.2, 0.25) is 0 Å². The number of hydrogen-bond acceptors (Lipinski definition) is 2. The number of nitrogens with zero attached hydrogens (tertiary/aromatic N) is 1. The summed E-state index contributed by atoms with van der Waals surface area (Å²) >= 11 is 0. The molecule has 4 rings (SSSR count). The SMILES string of the molecule is Oc1ccc(-c2cccc3[nH]ccc23)cc1-c1ccccn1. The molecule has 0 amide bonds. The number of aromatic hydroxyl groups is 1. The van der Waals surface area contributed by atoms with Gasteiger partial charge >= 0.3 is 0 Å². The van der Waals surface area contributed by atoms with Gasteiger partial charge in [-0.2, -0.15) is 0 Å². The van der Waals surface area contributed by atoms with Gasteiger partial charge < -0.3 is 10.1 Å². The third-order valence-corrected chi connectivity index (χ3v) is 3.84. The number of benzene rings is 2. The maximum Gasteiger partial charge on any atom is 0.125 e. The zero-order chi connectivity index (χ0) is 14.9. The van der Waals surface area contributed by atoms with Crippen molar-refractivity contribution >= 4 is 10.9 Å². The molecule has 106 valence electrons. The van der Waals surface area contributed by atoms with E-state index >= 15 is 0 Å². The van der Waals surface area contributed by atoms with Crippen LogP contribution in [0.1, 0.15) is 0 Å². The predicted octanol–water partition coefficient (Wildman–Crippen LogP) is 4.60. The molecular weight excluding hydrogens is 272 g/mol. The highest BCUT2D eigenvalue weighted by atomic mass is 16.3. The van der Waals surface area contributed by atoms with E-state index in [1.165, 1.54) is 5.39 Å². The highest BCUT2D eigenvalue weighted by Crippen LogP contribution is 2.35. The second-order valence-electron chi connectivity index (χ2n) is 5.19. The number of hydrogen-bond donors (Lipinski definition) is 2. The van der Waals surface area contributed by atoms with Gasteiger partial charge in [-0.05, 0) is 47.5 Å². The number of H-pyrrole nitrogens is 1. The van der Waals surface area contributed by atoms with Crippen LogP contribution in [0.25, 0.3) is 33.3 Å². The third kappa shape index (κ3) is 2.04. The van der Waals surface area contributed by atoms with Crippen molar-refractivity contribution in [2.24, 2.45) is 0 Å². The maximum atomic E-state index is 10.2. The van der Waals surface area contributed by atoms with Crippen LogP contribution in [0.2, 0.25) is 0 Å². The number of aromatic nitrogens is 2. The quantitative estimate of drug-likeness (QED) is 0.565. The molecule has 0 radical (unpaired) electrons. The fourth-order valence-electron chi connectivity index (χ4n) is 2.77. The molecule has 0 aliphatic heterocycles. The summed E-state index contributed by atoms with van der Waals surface area (Å²) < 4.78 is 0. The van der Waals surface area contributed by atoms with Crippen LogP contribution < -0.4 is 0 Å². The molecule has 0 fully saturated rings. The summed E-state index contributed by atoms with van der Waals surface area (Å²) in [6.45, 7) is 0.